The third-order valence-electron chi connectivity index (χ3n) is 1.56. The van der Waals surface area contributed by atoms with Gasteiger partial charge in [-0.05, 0) is 24.1 Å². The van der Waals surface area contributed by atoms with Crippen molar-refractivity contribution in [3.05, 3.63) is 35.4 Å². The van der Waals surface area contributed by atoms with Crippen LogP contribution in [0.15, 0.2) is 24.3 Å². The second kappa shape index (κ2) is 3.88. The Morgan fingerprint density at radius 1 is 1.50 bits per heavy atom. The van der Waals surface area contributed by atoms with Crippen molar-refractivity contribution in [3.63, 3.8) is 0 Å². The SMILES string of the molecule is O=C(O)c1cccc(CC[O-])c1. The molecular weight excluding hydrogens is 156 g/mol. The van der Waals surface area contributed by atoms with Gasteiger partial charge in [-0.25, -0.2) is 4.79 Å². The smallest absolute Gasteiger partial charge is 0.335 e. The van der Waals surface area contributed by atoms with Crippen LogP contribution in [0.5, 0.6) is 0 Å². The van der Waals surface area contributed by atoms with Crippen molar-refractivity contribution in [3.8, 4) is 0 Å². The molecule has 0 heterocycles. The first kappa shape index (κ1) is 8.74. The summed E-state index contributed by atoms with van der Waals surface area (Å²) in [5.74, 6) is -0.956. The Kier molecular flexibility index (Phi) is 2.82. The first-order valence-electron chi connectivity index (χ1n) is 3.64. The van der Waals surface area contributed by atoms with Gasteiger partial charge in [-0.15, -0.1) is 6.61 Å². The molecule has 0 saturated carbocycles. The van der Waals surface area contributed by atoms with E-state index in [4.69, 9.17) is 5.11 Å². The lowest BCUT2D eigenvalue weighted by atomic mass is 10.1. The fraction of sp³-hybridized carbons (Fsp3) is 0.222. The Balaban J connectivity index is 2.88. The van der Waals surface area contributed by atoms with Gasteiger partial charge < -0.3 is 10.2 Å². The van der Waals surface area contributed by atoms with E-state index in [1.54, 1.807) is 12.1 Å². The second-order valence-corrected chi connectivity index (χ2v) is 2.46. The second-order valence-electron chi connectivity index (χ2n) is 2.46. The van der Waals surface area contributed by atoms with Gasteiger partial charge in [0.25, 0.3) is 0 Å². The van der Waals surface area contributed by atoms with Gasteiger partial charge in [0.2, 0.25) is 0 Å². The lowest BCUT2D eigenvalue weighted by Gasteiger charge is -2.04. The van der Waals surface area contributed by atoms with Gasteiger partial charge in [0.1, 0.15) is 0 Å². The van der Waals surface area contributed by atoms with Crippen molar-refractivity contribution in [1.82, 2.24) is 0 Å². The molecule has 3 heteroatoms. The van der Waals surface area contributed by atoms with Crippen molar-refractivity contribution in [2.75, 3.05) is 6.61 Å². The molecule has 3 nitrogen and oxygen atoms in total. The van der Waals surface area contributed by atoms with Crippen LogP contribution in [-0.2, 0) is 6.42 Å². The molecule has 64 valence electrons. The summed E-state index contributed by atoms with van der Waals surface area (Å²) in [5, 5.41) is 18.8. The fourth-order valence-electron chi connectivity index (χ4n) is 0.978. The summed E-state index contributed by atoms with van der Waals surface area (Å²) in [5.41, 5.74) is 1.02. The maximum Gasteiger partial charge on any atom is 0.335 e. The molecular formula is C9H9O3-. The van der Waals surface area contributed by atoms with Crippen LogP contribution in [0, 0.1) is 0 Å². The topological polar surface area (TPSA) is 60.4 Å². The minimum Gasteiger partial charge on any atom is -0.854 e. The van der Waals surface area contributed by atoms with E-state index in [-0.39, 0.29) is 12.2 Å². The van der Waals surface area contributed by atoms with E-state index < -0.39 is 5.97 Å². The van der Waals surface area contributed by atoms with Crippen molar-refractivity contribution in [2.24, 2.45) is 0 Å². The normalized spacial score (nSPS) is 9.75. The summed E-state index contributed by atoms with van der Waals surface area (Å²) in [7, 11) is 0. The lowest BCUT2D eigenvalue weighted by molar-refractivity contribution is -0.366. The van der Waals surface area contributed by atoms with Gasteiger partial charge >= 0.3 is 5.97 Å². The van der Waals surface area contributed by atoms with Gasteiger partial charge in [-0.3, -0.25) is 0 Å². The predicted molar refractivity (Wildman–Crippen MR) is 42.0 cm³/mol. The molecule has 1 N–H and O–H groups in total. The molecule has 0 aliphatic carbocycles. The van der Waals surface area contributed by atoms with Crippen LogP contribution in [0.25, 0.3) is 0 Å². The third-order valence-corrected chi connectivity index (χ3v) is 1.56. The Morgan fingerprint density at radius 3 is 2.83 bits per heavy atom. The van der Waals surface area contributed by atoms with Gasteiger partial charge in [-0.1, -0.05) is 12.1 Å². The van der Waals surface area contributed by atoms with E-state index in [1.807, 2.05) is 0 Å². The average Bonchev–Trinajstić information content (AvgIpc) is 2.05. The van der Waals surface area contributed by atoms with E-state index in [0.29, 0.717) is 6.42 Å². The molecule has 0 aliphatic rings. The number of rotatable bonds is 3. The van der Waals surface area contributed by atoms with Crippen molar-refractivity contribution in [1.29, 1.82) is 0 Å². The molecule has 0 atom stereocenters. The summed E-state index contributed by atoms with van der Waals surface area (Å²) in [6.45, 7) is -0.205. The van der Waals surface area contributed by atoms with Crippen LogP contribution >= 0.6 is 0 Å². The van der Waals surface area contributed by atoms with Gasteiger partial charge in [0.05, 0.1) is 5.56 Å². The highest BCUT2D eigenvalue weighted by Crippen LogP contribution is 2.05. The van der Waals surface area contributed by atoms with Crippen LogP contribution < -0.4 is 5.11 Å². The number of aromatic carboxylic acids is 1. The number of hydrogen-bond acceptors (Lipinski definition) is 2. The molecule has 12 heavy (non-hydrogen) atoms. The Morgan fingerprint density at radius 2 is 2.25 bits per heavy atom. The summed E-state index contributed by atoms with van der Waals surface area (Å²) >= 11 is 0. The summed E-state index contributed by atoms with van der Waals surface area (Å²) in [6, 6.07) is 6.44. The first-order valence-corrected chi connectivity index (χ1v) is 3.64. The quantitative estimate of drug-likeness (QED) is 0.700. The maximum atomic E-state index is 10.5. The molecule has 0 aromatic heterocycles. The van der Waals surface area contributed by atoms with E-state index in [9.17, 15) is 9.90 Å². The highest BCUT2D eigenvalue weighted by Gasteiger charge is 2.01. The van der Waals surface area contributed by atoms with Crippen LogP contribution in [0.4, 0.5) is 0 Å². The number of carboxylic acid groups (broad SMARTS) is 1. The zero-order valence-electron chi connectivity index (χ0n) is 6.49. The molecule has 1 aromatic carbocycles. The molecule has 1 rings (SSSR count). The molecule has 0 fully saturated rings. The number of benzene rings is 1. The summed E-state index contributed by atoms with van der Waals surface area (Å²) < 4.78 is 0. The predicted octanol–water partition coefficient (Wildman–Crippen LogP) is 0.288. The van der Waals surface area contributed by atoms with Gasteiger partial charge in [0.15, 0.2) is 0 Å². The van der Waals surface area contributed by atoms with Crippen LogP contribution in [-0.4, -0.2) is 17.7 Å². The number of carbonyl (C=O) groups is 1. The Labute approximate surface area is 70.3 Å². The third kappa shape index (κ3) is 2.07. The van der Waals surface area contributed by atoms with Crippen molar-refractivity contribution in [2.45, 2.75) is 6.42 Å². The number of carboxylic acids is 1. The molecule has 0 amide bonds. The van der Waals surface area contributed by atoms with Crippen molar-refractivity contribution >= 4 is 5.97 Å². The van der Waals surface area contributed by atoms with Crippen LogP contribution in [0.2, 0.25) is 0 Å². The van der Waals surface area contributed by atoms with Gasteiger partial charge in [0, 0.05) is 0 Å². The van der Waals surface area contributed by atoms with Gasteiger partial charge in [-0.2, -0.15) is 0 Å². The molecule has 0 radical (unpaired) electrons. The zero-order valence-corrected chi connectivity index (χ0v) is 6.49. The average molecular weight is 165 g/mol. The highest BCUT2D eigenvalue weighted by atomic mass is 16.4. The van der Waals surface area contributed by atoms with E-state index >= 15 is 0 Å². The minimum atomic E-state index is -0.956. The van der Waals surface area contributed by atoms with E-state index in [1.165, 1.54) is 12.1 Å². The highest BCUT2D eigenvalue weighted by molar-refractivity contribution is 5.87. The molecule has 0 saturated heterocycles. The molecule has 0 aliphatic heterocycles. The Bertz CT molecular complexity index is 281. The summed E-state index contributed by atoms with van der Waals surface area (Å²) in [6.07, 6.45) is 0.390. The molecule has 0 bridgehead atoms. The molecule has 0 unspecified atom stereocenters. The molecule has 1 aromatic rings. The monoisotopic (exact) mass is 165 g/mol. The summed E-state index contributed by atoms with van der Waals surface area (Å²) in [4.78, 5) is 10.5. The van der Waals surface area contributed by atoms with Crippen LogP contribution in [0.1, 0.15) is 15.9 Å². The zero-order chi connectivity index (χ0) is 8.97. The Hall–Kier alpha value is -1.35. The van der Waals surface area contributed by atoms with Crippen molar-refractivity contribution < 1.29 is 15.0 Å². The standard InChI is InChI=1S/C9H9O3/c10-5-4-7-2-1-3-8(6-7)9(11)12/h1-3,6H,4-5H2,(H,11,12)/q-1. The number of hydrogen-bond donors (Lipinski definition) is 1. The minimum absolute atomic E-state index is 0.205. The maximum absolute atomic E-state index is 10.5. The molecule has 0 spiro atoms. The lowest BCUT2D eigenvalue weighted by Crippen LogP contribution is -2.09. The van der Waals surface area contributed by atoms with E-state index in [0.717, 1.165) is 5.56 Å². The van der Waals surface area contributed by atoms with E-state index in [2.05, 4.69) is 0 Å². The first-order chi connectivity index (χ1) is 5.74. The van der Waals surface area contributed by atoms with Crippen LogP contribution in [0.3, 0.4) is 0 Å². The largest absolute Gasteiger partial charge is 0.854 e. The fourth-order valence-corrected chi connectivity index (χ4v) is 0.978.